The summed E-state index contributed by atoms with van der Waals surface area (Å²) in [6.45, 7) is 5.83. The average Bonchev–Trinajstić information content (AvgIpc) is 3.18. The van der Waals surface area contributed by atoms with Gasteiger partial charge in [-0.25, -0.2) is 0 Å². The van der Waals surface area contributed by atoms with Gasteiger partial charge >= 0.3 is 0 Å². The van der Waals surface area contributed by atoms with Crippen molar-refractivity contribution in [2.24, 2.45) is 5.92 Å². The highest BCUT2D eigenvalue weighted by molar-refractivity contribution is 6.00. The van der Waals surface area contributed by atoms with Gasteiger partial charge in [-0.05, 0) is 37.8 Å². The van der Waals surface area contributed by atoms with E-state index in [0.717, 1.165) is 25.1 Å². The maximum atomic E-state index is 13.1. The van der Waals surface area contributed by atoms with Gasteiger partial charge in [-0.1, -0.05) is 54.0 Å². The first-order valence-electron chi connectivity index (χ1n) is 9.41. The fraction of sp³-hybridized carbons (Fsp3) is 0.318. The molecule has 5 heteroatoms. The van der Waals surface area contributed by atoms with Crippen molar-refractivity contribution in [2.75, 3.05) is 13.1 Å². The molecule has 3 aromatic rings. The van der Waals surface area contributed by atoms with E-state index >= 15 is 0 Å². The molecule has 0 unspecified atom stereocenters. The number of aromatic nitrogens is 2. The number of likely N-dealkylation sites (tertiary alicyclic amines) is 1. The third-order valence-electron chi connectivity index (χ3n) is 5.07. The third-order valence-corrected chi connectivity index (χ3v) is 5.07. The molecule has 1 aromatic heterocycles. The summed E-state index contributed by atoms with van der Waals surface area (Å²) in [5, 5.41) is 4.11. The highest BCUT2D eigenvalue weighted by Crippen LogP contribution is 2.27. The van der Waals surface area contributed by atoms with Gasteiger partial charge in [0.1, 0.15) is 0 Å². The lowest BCUT2D eigenvalue weighted by Gasteiger charge is -2.31. The van der Waals surface area contributed by atoms with E-state index in [9.17, 15) is 4.79 Å². The Kier molecular flexibility index (Phi) is 4.75. The van der Waals surface area contributed by atoms with Crippen molar-refractivity contribution in [3.63, 3.8) is 0 Å². The first-order chi connectivity index (χ1) is 13.1. The molecule has 2 aromatic carbocycles. The molecule has 1 aliphatic rings. The summed E-state index contributed by atoms with van der Waals surface area (Å²) in [6.07, 6.45) is 2.22. The second-order valence-electron chi connectivity index (χ2n) is 7.33. The monoisotopic (exact) mass is 361 g/mol. The van der Waals surface area contributed by atoms with Crippen molar-refractivity contribution in [2.45, 2.75) is 26.7 Å². The van der Waals surface area contributed by atoms with Gasteiger partial charge in [-0.2, -0.15) is 4.98 Å². The van der Waals surface area contributed by atoms with E-state index in [0.29, 0.717) is 28.8 Å². The minimum atomic E-state index is 0.0345. The number of carbonyl (C=O) groups is 1. The largest absolute Gasteiger partial charge is 0.338 e. The molecule has 1 amide bonds. The van der Waals surface area contributed by atoms with E-state index in [1.165, 1.54) is 12.0 Å². The van der Waals surface area contributed by atoms with Crippen LogP contribution in [0.3, 0.4) is 0 Å². The summed E-state index contributed by atoms with van der Waals surface area (Å²) in [5.74, 6) is 1.47. The fourth-order valence-corrected chi connectivity index (χ4v) is 3.55. The second-order valence-corrected chi connectivity index (χ2v) is 7.33. The molecule has 5 nitrogen and oxygen atoms in total. The smallest absolute Gasteiger partial charge is 0.259 e. The molecule has 1 fully saturated rings. The van der Waals surface area contributed by atoms with Crippen LogP contribution in [-0.4, -0.2) is 34.0 Å². The van der Waals surface area contributed by atoms with Crippen LogP contribution in [0.15, 0.2) is 53.1 Å². The second kappa shape index (κ2) is 7.35. The maximum absolute atomic E-state index is 13.1. The lowest BCUT2D eigenvalue weighted by Crippen LogP contribution is -2.39. The molecule has 2 heterocycles. The molecule has 0 bridgehead atoms. The van der Waals surface area contributed by atoms with E-state index in [1.807, 2.05) is 60.4 Å². The Morgan fingerprint density at radius 3 is 2.70 bits per heavy atom. The van der Waals surface area contributed by atoms with Crippen molar-refractivity contribution in [1.82, 2.24) is 15.0 Å². The van der Waals surface area contributed by atoms with Gasteiger partial charge < -0.3 is 9.42 Å². The van der Waals surface area contributed by atoms with Crippen LogP contribution >= 0.6 is 0 Å². The van der Waals surface area contributed by atoms with Crippen LogP contribution in [0.2, 0.25) is 0 Å². The summed E-state index contributed by atoms with van der Waals surface area (Å²) >= 11 is 0. The number of benzene rings is 2. The first kappa shape index (κ1) is 17.5. The molecule has 1 atom stereocenters. The van der Waals surface area contributed by atoms with Crippen LogP contribution in [0.25, 0.3) is 22.8 Å². The van der Waals surface area contributed by atoms with Crippen LogP contribution in [0, 0.1) is 12.8 Å². The number of rotatable bonds is 3. The number of hydrogen-bond acceptors (Lipinski definition) is 4. The van der Waals surface area contributed by atoms with Crippen LogP contribution < -0.4 is 0 Å². The van der Waals surface area contributed by atoms with Gasteiger partial charge in [0.15, 0.2) is 0 Å². The Balaban J connectivity index is 1.65. The number of piperidine rings is 1. The Labute approximate surface area is 159 Å². The summed E-state index contributed by atoms with van der Waals surface area (Å²) in [7, 11) is 0. The predicted octanol–water partition coefficient (Wildman–Crippen LogP) is 4.58. The lowest BCUT2D eigenvalue weighted by atomic mass is 9.98. The molecular formula is C22H23N3O2. The summed E-state index contributed by atoms with van der Waals surface area (Å²) in [4.78, 5) is 19.6. The molecule has 0 aliphatic carbocycles. The van der Waals surface area contributed by atoms with Gasteiger partial charge in [0.2, 0.25) is 5.82 Å². The molecule has 0 spiro atoms. The average molecular weight is 361 g/mol. The zero-order valence-corrected chi connectivity index (χ0v) is 15.7. The normalized spacial score (nSPS) is 17.1. The first-order valence-corrected chi connectivity index (χ1v) is 9.41. The highest BCUT2D eigenvalue weighted by atomic mass is 16.5. The molecular weight excluding hydrogens is 338 g/mol. The maximum Gasteiger partial charge on any atom is 0.259 e. The molecule has 0 radical (unpaired) electrons. The number of amides is 1. The van der Waals surface area contributed by atoms with Crippen molar-refractivity contribution in [1.29, 1.82) is 0 Å². The standard InChI is InChI=1S/C22H23N3O2/c1-15-9-11-17(12-10-15)20-23-21(27-24-20)18-7-3-4-8-19(18)22(26)25-13-5-6-16(2)14-25/h3-4,7-12,16H,5-6,13-14H2,1-2H3/t16-/m1/s1. The minimum Gasteiger partial charge on any atom is -0.338 e. The quantitative estimate of drug-likeness (QED) is 0.685. The number of carbonyl (C=O) groups excluding carboxylic acids is 1. The topological polar surface area (TPSA) is 59.2 Å². The third kappa shape index (κ3) is 3.63. The number of hydrogen-bond donors (Lipinski definition) is 0. The summed E-state index contributed by atoms with van der Waals surface area (Å²) < 4.78 is 5.50. The highest BCUT2D eigenvalue weighted by Gasteiger charge is 2.25. The van der Waals surface area contributed by atoms with E-state index in [1.54, 1.807) is 0 Å². The van der Waals surface area contributed by atoms with Crippen LogP contribution in [0.5, 0.6) is 0 Å². The molecule has 0 N–H and O–H groups in total. The van der Waals surface area contributed by atoms with Crippen molar-refractivity contribution in [3.8, 4) is 22.8 Å². The number of nitrogens with zero attached hydrogens (tertiary/aromatic N) is 3. The van der Waals surface area contributed by atoms with Gasteiger partial charge in [0.25, 0.3) is 11.8 Å². The Morgan fingerprint density at radius 2 is 1.93 bits per heavy atom. The van der Waals surface area contributed by atoms with Crippen molar-refractivity contribution in [3.05, 3.63) is 59.7 Å². The van der Waals surface area contributed by atoms with Gasteiger partial charge in [-0.15, -0.1) is 0 Å². The van der Waals surface area contributed by atoms with E-state index in [2.05, 4.69) is 17.1 Å². The number of aryl methyl sites for hydroxylation is 1. The minimum absolute atomic E-state index is 0.0345. The van der Waals surface area contributed by atoms with Crippen LogP contribution in [0.1, 0.15) is 35.7 Å². The van der Waals surface area contributed by atoms with Gasteiger partial charge in [0, 0.05) is 18.7 Å². The Hall–Kier alpha value is -2.95. The van der Waals surface area contributed by atoms with Crippen LogP contribution in [-0.2, 0) is 0 Å². The van der Waals surface area contributed by atoms with Crippen molar-refractivity contribution >= 4 is 5.91 Å². The van der Waals surface area contributed by atoms with Crippen LogP contribution in [0.4, 0.5) is 0 Å². The Bertz CT molecular complexity index is 946. The molecule has 1 aliphatic heterocycles. The zero-order chi connectivity index (χ0) is 18.8. The van der Waals surface area contributed by atoms with E-state index in [-0.39, 0.29) is 5.91 Å². The molecule has 138 valence electrons. The molecule has 0 saturated carbocycles. The SMILES string of the molecule is Cc1ccc(-c2noc(-c3ccccc3C(=O)N3CCC[C@@H](C)C3)n2)cc1. The van der Waals surface area contributed by atoms with E-state index in [4.69, 9.17) is 4.52 Å². The van der Waals surface area contributed by atoms with Gasteiger partial charge in [0.05, 0.1) is 11.1 Å². The molecule has 4 rings (SSSR count). The summed E-state index contributed by atoms with van der Waals surface area (Å²) in [5.41, 5.74) is 3.37. The zero-order valence-electron chi connectivity index (χ0n) is 15.7. The summed E-state index contributed by atoms with van der Waals surface area (Å²) in [6, 6.07) is 15.4. The predicted molar refractivity (Wildman–Crippen MR) is 104 cm³/mol. The van der Waals surface area contributed by atoms with Gasteiger partial charge in [-0.3, -0.25) is 4.79 Å². The molecule has 27 heavy (non-hydrogen) atoms. The van der Waals surface area contributed by atoms with E-state index < -0.39 is 0 Å². The fourth-order valence-electron chi connectivity index (χ4n) is 3.55. The molecule has 1 saturated heterocycles. The lowest BCUT2D eigenvalue weighted by molar-refractivity contribution is 0.0683. The Morgan fingerprint density at radius 1 is 1.15 bits per heavy atom. The van der Waals surface area contributed by atoms with Crippen molar-refractivity contribution < 1.29 is 9.32 Å².